The van der Waals surface area contributed by atoms with E-state index in [0.717, 1.165) is 39.1 Å². The van der Waals surface area contributed by atoms with Crippen molar-refractivity contribution in [3.05, 3.63) is 29.8 Å². The average Bonchev–Trinajstić information content (AvgIpc) is 2.52. The third-order valence-electron chi connectivity index (χ3n) is 4.25. The van der Waals surface area contributed by atoms with Crippen molar-refractivity contribution in [3.63, 3.8) is 0 Å². The Labute approximate surface area is 128 Å². The molecular weight excluding hydrogens is 262 g/mol. The summed E-state index contributed by atoms with van der Waals surface area (Å²) < 4.78 is 0. The molecule has 0 spiro atoms. The molecule has 1 N–H and O–H groups in total. The number of anilines is 1. The van der Waals surface area contributed by atoms with Gasteiger partial charge in [0.05, 0.1) is 6.04 Å². The molecule has 1 aliphatic heterocycles. The number of benzene rings is 1. The highest BCUT2D eigenvalue weighted by Gasteiger charge is 2.25. The molecule has 1 heterocycles. The first-order valence-corrected chi connectivity index (χ1v) is 7.95. The van der Waals surface area contributed by atoms with Crippen molar-refractivity contribution in [2.75, 3.05) is 37.6 Å². The van der Waals surface area contributed by atoms with Crippen molar-refractivity contribution in [1.29, 1.82) is 0 Å². The Bertz CT molecular complexity index is 467. The van der Waals surface area contributed by atoms with Gasteiger partial charge < -0.3 is 10.2 Å². The van der Waals surface area contributed by atoms with Gasteiger partial charge in [0.25, 0.3) is 0 Å². The Balaban J connectivity index is 1.88. The highest BCUT2D eigenvalue weighted by atomic mass is 16.2. The largest absolute Gasteiger partial charge is 0.369 e. The van der Waals surface area contributed by atoms with Crippen molar-refractivity contribution >= 4 is 11.6 Å². The zero-order valence-corrected chi connectivity index (χ0v) is 13.4. The molecule has 4 nitrogen and oxygen atoms in total. The van der Waals surface area contributed by atoms with Gasteiger partial charge in [0.15, 0.2) is 0 Å². The lowest BCUT2D eigenvalue weighted by Crippen LogP contribution is -2.54. The van der Waals surface area contributed by atoms with E-state index in [4.69, 9.17) is 0 Å². The first kappa shape index (κ1) is 15.8. The van der Waals surface area contributed by atoms with Crippen LogP contribution in [-0.2, 0) is 4.79 Å². The quantitative estimate of drug-likeness (QED) is 0.901. The van der Waals surface area contributed by atoms with Crippen LogP contribution < -0.4 is 10.2 Å². The predicted molar refractivity (Wildman–Crippen MR) is 87.7 cm³/mol. The minimum atomic E-state index is -0.0319. The number of carbonyl (C=O) groups excluding carboxylic acids is 1. The molecule has 0 bridgehead atoms. The van der Waals surface area contributed by atoms with Crippen molar-refractivity contribution < 1.29 is 4.79 Å². The number of amides is 1. The van der Waals surface area contributed by atoms with Crippen LogP contribution >= 0.6 is 0 Å². The molecule has 0 radical (unpaired) electrons. The van der Waals surface area contributed by atoms with Crippen LogP contribution in [0.25, 0.3) is 0 Å². The number of piperazine rings is 1. The van der Waals surface area contributed by atoms with E-state index in [-0.39, 0.29) is 11.9 Å². The lowest BCUT2D eigenvalue weighted by molar-refractivity contribution is -0.126. The van der Waals surface area contributed by atoms with Gasteiger partial charge in [-0.3, -0.25) is 9.69 Å². The average molecular weight is 289 g/mol. The van der Waals surface area contributed by atoms with Gasteiger partial charge in [-0.25, -0.2) is 0 Å². The van der Waals surface area contributed by atoms with Crippen molar-refractivity contribution in [2.45, 2.75) is 33.2 Å². The fraction of sp³-hybridized carbons (Fsp3) is 0.588. The monoisotopic (exact) mass is 289 g/mol. The zero-order chi connectivity index (χ0) is 15.2. The van der Waals surface area contributed by atoms with Crippen molar-refractivity contribution in [3.8, 4) is 0 Å². The van der Waals surface area contributed by atoms with Gasteiger partial charge in [0, 0.05) is 38.4 Å². The molecule has 1 atom stereocenters. The van der Waals surface area contributed by atoms with E-state index >= 15 is 0 Å². The van der Waals surface area contributed by atoms with Crippen LogP contribution in [0.4, 0.5) is 5.69 Å². The summed E-state index contributed by atoms with van der Waals surface area (Å²) in [4.78, 5) is 16.7. The Morgan fingerprint density at radius 3 is 2.52 bits per heavy atom. The predicted octanol–water partition coefficient (Wildman–Crippen LogP) is 2.03. The van der Waals surface area contributed by atoms with Gasteiger partial charge in [-0.15, -0.1) is 0 Å². The summed E-state index contributed by atoms with van der Waals surface area (Å²) in [6.45, 7) is 10.9. The number of nitrogens with zero attached hydrogens (tertiary/aromatic N) is 2. The zero-order valence-electron chi connectivity index (χ0n) is 13.4. The normalized spacial score (nSPS) is 17.6. The van der Waals surface area contributed by atoms with E-state index in [1.807, 2.05) is 6.92 Å². The van der Waals surface area contributed by atoms with E-state index in [0.29, 0.717) is 0 Å². The molecule has 21 heavy (non-hydrogen) atoms. The minimum Gasteiger partial charge on any atom is -0.369 e. The van der Waals surface area contributed by atoms with Gasteiger partial charge in [-0.05, 0) is 31.9 Å². The summed E-state index contributed by atoms with van der Waals surface area (Å²) in [5, 5.41) is 2.99. The Kier molecular flexibility index (Phi) is 5.62. The second-order valence-corrected chi connectivity index (χ2v) is 5.78. The molecule has 2 rings (SSSR count). The van der Waals surface area contributed by atoms with Crippen LogP contribution in [0.5, 0.6) is 0 Å². The maximum Gasteiger partial charge on any atom is 0.237 e. The van der Waals surface area contributed by atoms with E-state index in [1.54, 1.807) is 0 Å². The SMILES string of the molecule is CCCNC(=O)[C@H](C)N1CCN(c2ccccc2C)CC1. The van der Waals surface area contributed by atoms with E-state index in [1.165, 1.54) is 11.3 Å². The third kappa shape index (κ3) is 3.97. The lowest BCUT2D eigenvalue weighted by Gasteiger charge is -2.39. The molecule has 0 saturated carbocycles. The van der Waals surface area contributed by atoms with Crippen LogP contribution in [0.15, 0.2) is 24.3 Å². The molecule has 1 amide bonds. The number of rotatable bonds is 5. The molecule has 0 unspecified atom stereocenters. The first-order chi connectivity index (χ1) is 10.1. The smallest absolute Gasteiger partial charge is 0.237 e. The Morgan fingerprint density at radius 1 is 1.24 bits per heavy atom. The lowest BCUT2D eigenvalue weighted by atomic mass is 10.1. The van der Waals surface area contributed by atoms with Crippen LogP contribution in [0.3, 0.4) is 0 Å². The fourth-order valence-electron chi connectivity index (χ4n) is 2.83. The van der Waals surface area contributed by atoms with Gasteiger partial charge in [-0.2, -0.15) is 0 Å². The summed E-state index contributed by atoms with van der Waals surface area (Å²) in [5.74, 6) is 0.154. The minimum absolute atomic E-state index is 0.0319. The van der Waals surface area contributed by atoms with Gasteiger partial charge in [0.1, 0.15) is 0 Å². The summed E-state index contributed by atoms with van der Waals surface area (Å²) in [6.07, 6.45) is 0.986. The molecule has 0 aromatic heterocycles. The molecular formula is C17H27N3O. The highest BCUT2D eigenvalue weighted by Crippen LogP contribution is 2.21. The van der Waals surface area contributed by atoms with E-state index < -0.39 is 0 Å². The number of carbonyl (C=O) groups is 1. The topological polar surface area (TPSA) is 35.6 Å². The molecule has 1 aromatic carbocycles. The summed E-state index contributed by atoms with van der Waals surface area (Å²) >= 11 is 0. The van der Waals surface area contributed by atoms with Crippen LogP contribution in [-0.4, -0.2) is 49.6 Å². The summed E-state index contributed by atoms with van der Waals surface area (Å²) in [5.41, 5.74) is 2.64. The van der Waals surface area contributed by atoms with Gasteiger partial charge in [0.2, 0.25) is 5.91 Å². The molecule has 1 aromatic rings. The van der Waals surface area contributed by atoms with Gasteiger partial charge in [-0.1, -0.05) is 25.1 Å². The fourth-order valence-corrected chi connectivity index (χ4v) is 2.83. The molecule has 1 aliphatic rings. The highest BCUT2D eigenvalue weighted by molar-refractivity contribution is 5.81. The molecule has 4 heteroatoms. The molecule has 1 saturated heterocycles. The van der Waals surface area contributed by atoms with Crippen LogP contribution in [0.2, 0.25) is 0 Å². The number of para-hydroxylation sites is 1. The van der Waals surface area contributed by atoms with Crippen LogP contribution in [0.1, 0.15) is 25.8 Å². The maximum absolute atomic E-state index is 12.0. The Hall–Kier alpha value is -1.55. The summed E-state index contributed by atoms with van der Waals surface area (Å²) in [7, 11) is 0. The van der Waals surface area contributed by atoms with Crippen molar-refractivity contribution in [2.24, 2.45) is 0 Å². The third-order valence-corrected chi connectivity index (χ3v) is 4.25. The second-order valence-electron chi connectivity index (χ2n) is 5.78. The first-order valence-electron chi connectivity index (χ1n) is 7.95. The second kappa shape index (κ2) is 7.46. The molecule has 116 valence electrons. The van der Waals surface area contributed by atoms with Gasteiger partial charge >= 0.3 is 0 Å². The number of aryl methyl sites for hydroxylation is 1. The Morgan fingerprint density at radius 2 is 1.90 bits per heavy atom. The van der Waals surface area contributed by atoms with E-state index in [2.05, 4.69) is 53.2 Å². The standard InChI is InChI=1S/C17H27N3O/c1-4-9-18-17(21)15(3)19-10-12-20(13-11-19)16-8-6-5-7-14(16)2/h5-8,15H,4,9-13H2,1-3H3,(H,18,21)/t15-/m0/s1. The molecule has 0 aliphatic carbocycles. The maximum atomic E-state index is 12.0. The molecule has 1 fully saturated rings. The van der Waals surface area contributed by atoms with E-state index in [9.17, 15) is 4.79 Å². The number of nitrogens with one attached hydrogen (secondary N) is 1. The summed E-state index contributed by atoms with van der Waals surface area (Å²) in [6, 6.07) is 8.48. The van der Waals surface area contributed by atoms with Crippen molar-refractivity contribution in [1.82, 2.24) is 10.2 Å². The number of hydrogen-bond donors (Lipinski definition) is 1. The number of hydrogen-bond acceptors (Lipinski definition) is 3. The van der Waals surface area contributed by atoms with Crippen LogP contribution in [0, 0.1) is 6.92 Å².